The van der Waals surface area contributed by atoms with Gasteiger partial charge >= 0.3 is 0 Å². The fraction of sp³-hybridized carbons (Fsp3) is 0.917. The zero-order valence-corrected chi connectivity index (χ0v) is 10.5. The molecule has 0 radical (unpaired) electrons. The first-order valence-electron chi connectivity index (χ1n) is 6.54. The van der Waals surface area contributed by atoms with E-state index in [2.05, 4.69) is 17.3 Å². The van der Waals surface area contributed by atoms with Gasteiger partial charge in [-0.05, 0) is 32.7 Å². The van der Waals surface area contributed by atoms with E-state index in [0.717, 1.165) is 25.4 Å². The van der Waals surface area contributed by atoms with Crippen molar-refractivity contribution in [1.29, 1.82) is 0 Å². The smallest absolute Gasteiger partial charge is 0.249 e. The minimum absolute atomic E-state index is 0.0187. The van der Waals surface area contributed by atoms with E-state index in [9.17, 15) is 4.79 Å². The number of amides is 1. The van der Waals surface area contributed by atoms with E-state index in [1.165, 1.54) is 12.8 Å². The summed E-state index contributed by atoms with van der Waals surface area (Å²) in [5.41, 5.74) is 5.51. The molecule has 0 aromatic carbocycles. The highest BCUT2D eigenvalue weighted by atomic mass is 16.5. The molecule has 1 saturated carbocycles. The SMILES string of the molecule is CN(CCNC(=O)C1CCC(CN)O1)C1CC1. The van der Waals surface area contributed by atoms with Crippen molar-refractivity contribution >= 4 is 5.91 Å². The zero-order chi connectivity index (χ0) is 12.3. The monoisotopic (exact) mass is 241 g/mol. The number of likely N-dealkylation sites (N-methyl/N-ethyl adjacent to an activating group) is 1. The average molecular weight is 241 g/mol. The number of nitrogens with two attached hydrogens (primary N) is 1. The summed E-state index contributed by atoms with van der Waals surface area (Å²) in [5, 5.41) is 2.94. The Morgan fingerprint density at radius 1 is 1.41 bits per heavy atom. The molecule has 1 amide bonds. The van der Waals surface area contributed by atoms with Crippen LogP contribution in [-0.4, -0.2) is 55.7 Å². The first-order chi connectivity index (χ1) is 8.20. The van der Waals surface area contributed by atoms with E-state index in [1.807, 2.05) is 0 Å². The number of hydrogen-bond acceptors (Lipinski definition) is 4. The molecule has 2 aliphatic rings. The quantitative estimate of drug-likeness (QED) is 0.670. The minimum atomic E-state index is -0.283. The van der Waals surface area contributed by atoms with Gasteiger partial charge in [-0.15, -0.1) is 0 Å². The number of carbonyl (C=O) groups excluding carboxylic acids is 1. The Hall–Kier alpha value is -0.650. The van der Waals surface area contributed by atoms with Gasteiger partial charge in [-0.2, -0.15) is 0 Å². The number of carbonyl (C=O) groups is 1. The summed E-state index contributed by atoms with van der Waals surface area (Å²) in [5.74, 6) is 0.0187. The number of rotatable bonds is 6. The van der Waals surface area contributed by atoms with E-state index in [0.29, 0.717) is 13.1 Å². The van der Waals surface area contributed by atoms with Gasteiger partial charge in [0.05, 0.1) is 6.10 Å². The molecule has 5 heteroatoms. The van der Waals surface area contributed by atoms with Gasteiger partial charge in [0.1, 0.15) is 6.10 Å². The van der Waals surface area contributed by atoms with Gasteiger partial charge in [0.2, 0.25) is 5.91 Å². The number of nitrogens with one attached hydrogen (secondary N) is 1. The molecule has 3 N–H and O–H groups in total. The molecule has 1 heterocycles. The van der Waals surface area contributed by atoms with E-state index in [1.54, 1.807) is 0 Å². The maximum absolute atomic E-state index is 11.8. The molecule has 0 spiro atoms. The molecule has 0 aromatic rings. The normalized spacial score (nSPS) is 28.6. The lowest BCUT2D eigenvalue weighted by Crippen LogP contribution is -2.39. The molecule has 1 saturated heterocycles. The van der Waals surface area contributed by atoms with Crippen molar-refractivity contribution in [2.75, 3.05) is 26.7 Å². The minimum Gasteiger partial charge on any atom is -0.364 e. The molecule has 98 valence electrons. The zero-order valence-electron chi connectivity index (χ0n) is 10.5. The van der Waals surface area contributed by atoms with Gasteiger partial charge in [0, 0.05) is 25.7 Å². The van der Waals surface area contributed by atoms with E-state index >= 15 is 0 Å². The molecule has 2 unspecified atom stereocenters. The standard InChI is InChI=1S/C12H23N3O2/c1-15(9-2-3-9)7-6-14-12(16)11-5-4-10(8-13)17-11/h9-11H,2-8,13H2,1H3,(H,14,16). The van der Waals surface area contributed by atoms with Crippen LogP contribution < -0.4 is 11.1 Å². The first-order valence-corrected chi connectivity index (χ1v) is 6.54. The van der Waals surface area contributed by atoms with Crippen LogP contribution in [0.25, 0.3) is 0 Å². The van der Waals surface area contributed by atoms with Crippen LogP contribution in [-0.2, 0) is 9.53 Å². The van der Waals surface area contributed by atoms with Gasteiger partial charge in [0.25, 0.3) is 0 Å². The molecule has 5 nitrogen and oxygen atoms in total. The van der Waals surface area contributed by atoms with E-state index in [4.69, 9.17) is 10.5 Å². The van der Waals surface area contributed by atoms with Crippen molar-refractivity contribution in [3.8, 4) is 0 Å². The summed E-state index contributed by atoms with van der Waals surface area (Å²) in [6.45, 7) is 2.14. The summed E-state index contributed by atoms with van der Waals surface area (Å²) >= 11 is 0. The van der Waals surface area contributed by atoms with Crippen molar-refractivity contribution in [2.45, 2.75) is 43.9 Å². The summed E-state index contributed by atoms with van der Waals surface area (Å²) in [6, 6.07) is 0.747. The largest absolute Gasteiger partial charge is 0.364 e. The lowest BCUT2D eigenvalue weighted by atomic mass is 10.2. The molecule has 1 aliphatic heterocycles. The van der Waals surface area contributed by atoms with Crippen LogP contribution in [0.4, 0.5) is 0 Å². The van der Waals surface area contributed by atoms with Gasteiger partial charge in [-0.25, -0.2) is 0 Å². The van der Waals surface area contributed by atoms with Crippen LogP contribution in [0, 0.1) is 0 Å². The lowest BCUT2D eigenvalue weighted by Gasteiger charge is -2.17. The Kier molecular flexibility index (Phi) is 4.36. The second-order valence-corrected chi connectivity index (χ2v) is 5.06. The molecule has 1 aliphatic carbocycles. The highest BCUT2D eigenvalue weighted by Crippen LogP contribution is 2.24. The third kappa shape index (κ3) is 3.66. The molecule has 0 bridgehead atoms. The Bertz CT molecular complexity index is 268. The summed E-state index contributed by atoms with van der Waals surface area (Å²) < 4.78 is 5.54. The highest BCUT2D eigenvalue weighted by Gasteiger charge is 2.30. The molecule has 2 rings (SSSR count). The lowest BCUT2D eigenvalue weighted by molar-refractivity contribution is -0.131. The van der Waals surface area contributed by atoms with E-state index in [-0.39, 0.29) is 18.1 Å². The van der Waals surface area contributed by atoms with Crippen molar-refractivity contribution in [1.82, 2.24) is 10.2 Å². The summed E-state index contributed by atoms with van der Waals surface area (Å²) in [7, 11) is 2.11. The molecule has 0 aromatic heterocycles. The third-order valence-electron chi connectivity index (χ3n) is 3.60. The number of ether oxygens (including phenoxy) is 1. The predicted molar refractivity (Wildman–Crippen MR) is 65.6 cm³/mol. The summed E-state index contributed by atoms with van der Waals surface area (Å²) in [6.07, 6.45) is 4.08. The van der Waals surface area contributed by atoms with Crippen LogP contribution in [0.15, 0.2) is 0 Å². The Labute approximate surface area is 103 Å². The number of hydrogen-bond donors (Lipinski definition) is 2. The van der Waals surface area contributed by atoms with Gasteiger partial charge in [-0.3, -0.25) is 4.79 Å². The maximum atomic E-state index is 11.8. The second kappa shape index (κ2) is 5.80. The van der Waals surface area contributed by atoms with Crippen LogP contribution in [0.1, 0.15) is 25.7 Å². The van der Waals surface area contributed by atoms with Crippen molar-refractivity contribution in [3.63, 3.8) is 0 Å². The Morgan fingerprint density at radius 3 is 2.76 bits per heavy atom. The summed E-state index contributed by atoms with van der Waals surface area (Å²) in [4.78, 5) is 14.1. The van der Waals surface area contributed by atoms with Crippen LogP contribution >= 0.6 is 0 Å². The maximum Gasteiger partial charge on any atom is 0.249 e. The molecule has 2 fully saturated rings. The van der Waals surface area contributed by atoms with E-state index < -0.39 is 0 Å². The fourth-order valence-electron chi connectivity index (χ4n) is 2.24. The Morgan fingerprint density at radius 2 is 2.18 bits per heavy atom. The van der Waals surface area contributed by atoms with Gasteiger partial charge in [-0.1, -0.05) is 0 Å². The van der Waals surface area contributed by atoms with Crippen LogP contribution in [0.3, 0.4) is 0 Å². The fourth-order valence-corrected chi connectivity index (χ4v) is 2.24. The van der Waals surface area contributed by atoms with Gasteiger partial charge in [0.15, 0.2) is 0 Å². The Balaban J connectivity index is 1.60. The van der Waals surface area contributed by atoms with Crippen LogP contribution in [0.2, 0.25) is 0 Å². The third-order valence-corrected chi connectivity index (χ3v) is 3.60. The molecule has 17 heavy (non-hydrogen) atoms. The van der Waals surface area contributed by atoms with Crippen LogP contribution in [0.5, 0.6) is 0 Å². The van der Waals surface area contributed by atoms with Crippen molar-refractivity contribution in [3.05, 3.63) is 0 Å². The van der Waals surface area contributed by atoms with Crippen molar-refractivity contribution in [2.24, 2.45) is 5.73 Å². The molecule has 2 atom stereocenters. The predicted octanol–water partition coefficient (Wildman–Crippen LogP) is -0.297. The molecular formula is C12H23N3O2. The van der Waals surface area contributed by atoms with Crippen molar-refractivity contribution < 1.29 is 9.53 Å². The second-order valence-electron chi connectivity index (χ2n) is 5.06. The first kappa shape index (κ1) is 12.8. The average Bonchev–Trinajstić information content (AvgIpc) is 3.06. The van der Waals surface area contributed by atoms with Gasteiger partial charge < -0.3 is 20.7 Å². The topological polar surface area (TPSA) is 67.6 Å². The number of nitrogens with zero attached hydrogens (tertiary/aromatic N) is 1. The highest BCUT2D eigenvalue weighted by molar-refractivity contribution is 5.81. The molecular weight excluding hydrogens is 218 g/mol.